The Kier molecular flexibility index (Phi) is 21.8. The third-order valence-electron chi connectivity index (χ3n) is 6.79. The number of hydrogen-bond donors (Lipinski definition) is 0. The Morgan fingerprint density at radius 1 is 1.09 bits per heavy atom. The molecule has 0 aliphatic heterocycles. The third-order valence-corrected chi connectivity index (χ3v) is 6.79. The van der Waals surface area contributed by atoms with Crippen molar-refractivity contribution in [1.82, 2.24) is 19.3 Å². The number of ether oxygens (including phenoxy) is 1. The van der Waals surface area contributed by atoms with Crippen LogP contribution in [0.5, 0.6) is 5.75 Å². The van der Waals surface area contributed by atoms with Crippen LogP contribution in [0.4, 0.5) is 4.39 Å². The molecule has 0 bridgehead atoms. The van der Waals surface area contributed by atoms with Crippen molar-refractivity contribution >= 4 is 11.9 Å². The number of aromatic nitrogens is 3. The Bertz CT molecular complexity index is 1480. The molecule has 0 saturated heterocycles. The minimum Gasteiger partial charge on any atom is -0.476 e. The van der Waals surface area contributed by atoms with Crippen molar-refractivity contribution in [3.05, 3.63) is 96.5 Å². The summed E-state index contributed by atoms with van der Waals surface area (Å²) >= 11 is 0. The van der Waals surface area contributed by atoms with E-state index < -0.39 is 5.82 Å². The number of aryl methyl sites for hydroxylation is 3. The average Bonchev–Trinajstić information content (AvgIpc) is 3.49. The van der Waals surface area contributed by atoms with E-state index in [9.17, 15) is 9.18 Å². The van der Waals surface area contributed by atoms with Crippen molar-refractivity contribution in [2.45, 2.75) is 67.7 Å². The topological polar surface area (TPSA) is 83.5 Å². The first-order valence-electron chi connectivity index (χ1n) is 15.1. The summed E-state index contributed by atoms with van der Waals surface area (Å²) in [6.07, 6.45) is 10.6. The van der Waals surface area contributed by atoms with Gasteiger partial charge in [-0.15, -0.1) is 36.3 Å². The summed E-state index contributed by atoms with van der Waals surface area (Å²) in [5.41, 5.74) is 6.45. The zero-order valence-corrected chi connectivity index (χ0v) is 30.8. The van der Waals surface area contributed by atoms with Gasteiger partial charge in [0.1, 0.15) is 6.07 Å². The number of nitrogens with zero attached hydrogens (tertiary/aromatic N) is 5. The van der Waals surface area contributed by atoms with Crippen molar-refractivity contribution < 1.29 is 46.6 Å². The Hall–Kier alpha value is -2.99. The average molecular weight is 690 g/mol. The van der Waals surface area contributed by atoms with Gasteiger partial charge in [0, 0.05) is 18.0 Å². The fourth-order valence-electron chi connectivity index (χ4n) is 4.18. The standard InChI is InChI=1S/C16H13FN4O.C10H11O.C8H17N.C2H6.Y/c1-10-12(3-4-14(15(10)17)22-8-5-18)13-9-20-16-11(2)19-6-7-21(13)16;1-3-9-4-5-10(7-11)8(2)6-9;1-4-7-8-9(5-2)6-3;1-2;/h3-4,6-7,9H,8H2,1-2H3;4-6H,3H2,1-2H3;2-8H2,1H3;1-2H3;/q;-1;-2;;+3. The summed E-state index contributed by atoms with van der Waals surface area (Å²) in [7, 11) is 0. The minimum absolute atomic E-state index is 0. The Labute approximate surface area is 295 Å². The molecule has 2 heterocycles. The normalized spacial score (nSPS) is 9.82. The SMILES string of the molecule is CC.CCc1ccc([C-]=O)c(C)c1.Cc1c(-c2cnc3c(C)nccn23)ccc(OCC#N)c1F.[CH2-]CN(C[CH2-])CCCC.[Y+3]. The summed E-state index contributed by atoms with van der Waals surface area (Å²) in [5.74, 6) is -0.386. The van der Waals surface area contributed by atoms with E-state index in [1.807, 2.05) is 62.7 Å². The van der Waals surface area contributed by atoms with E-state index in [0.29, 0.717) is 11.1 Å². The molecule has 0 N–H and O–H groups in total. The molecule has 0 amide bonds. The van der Waals surface area contributed by atoms with Crippen molar-refractivity contribution in [1.29, 1.82) is 5.26 Å². The number of nitriles is 1. The molecule has 45 heavy (non-hydrogen) atoms. The first kappa shape index (κ1) is 42.0. The number of carbonyl (C=O) groups excluding carboxylic acids is 1. The molecule has 0 radical (unpaired) electrons. The number of benzene rings is 2. The molecule has 2 aromatic carbocycles. The van der Waals surface area contributed by atoms with Crippen LogP contribution in [0.25, 0.3) is 16.9 Å². The largest absolute Gasteiger partial charge is 3.00 e. The van der Waals surface area contributed by atoms with Crippen molar-refractivity contribution in [2.24, 2.45) is 0 Å². The first-order valence-corrected chi connectivity index (χ1v) is 15.1. The van der Waals surface area contributed by atoms with Gasteiger partial charge in [0.2, 0.25) is 0 Å². The molecule has 0 atom stereocenters. The molecule has 0 fully saturated rings. The van der Waals surface area contributed by atoms with E-state index >= 15 is 0 Å². The molecule has 2 aromatic heterocycles. The van der Waals surface area contributed by atoms with E-state index in [4.69, 9.17) is 10.00 Å². The van der Waals surface area contributed by atoms with Crippen molar-refractivity contribution in [3.8, 4) is 23.1 Å². The Morgan fingerprint density at radius 3 is 2.33 bits per heavy atom. The van der Waals surface area contributed by atoms with Gasteiger partial charge in [-0.1, -0.05) is 46.6 Å². The van der Waals surface area contributed by atoms with Gasteiger partial charge in [-0.25, -0.2) is 9.37 Å². The van der Waals surface area contributed by atoms with Gasteiger partial charge in [0.15, 0.2) is 23.8 Å². The van der Waals surface area contributed by atoms with Crippen LogP contribution in [0.2, 0.25) is 0 Å². The second-order valence-electron chi connectivity index (χ2n) is 9.65. The molecule has 4 aromatic rings. The van der Waals surface area contributed by atoms with Crippen LogP contribution in [0.15, 0.2) is 48.9 Å². The van der Waals surface area contributed by atoms with Crippen LogP contribution in [0.1, 0.15) is 68.5 Å². The Balaban J connectivity index is 0.000000709. The number of rotatable bonds is 10. The van der Waals surface area contributed by atoms with Gasteiger partial charge in [0.25, 0.3) is 0 Å². The molecule has 0 spiro atoms. The summed E-state index contributed by atoms with van der Waals surface area (Å²) in [4.78, 5) is 21.1. The summed E-state index contributed by atoms with van der Waals surface area (Å²) in [5, 5.41) is 8.52. The van der Waals surface area contributed by atoms with Crippen molar-refractivity contribution in [2.75, 3.05) is 26.2 Å². The van der Waals surface area contributed by atoms with E-state index in [1.165, 1.54) is 24.5 Å². The molecule has 9 heteroatoms. The van der Waals surface area contributed by atoms with E-state index in [-0.39, 0.29) is 45.1 Å². The van der Waals surface area contributed by atoms with Crippen LogP contribution in [-0.4, -0.2) is 51.8 Å². The van der Waals surface area contributed by atoms with Gasteiger partial charge in [-0.3, -0.25) is 9.38 Å². The van der Waals surface area contributed by atoms with Crippen LogP contribution >= 0.6 is 0 Å². The second kappa shape index (κ2) is 23.4. The quantitative estimate of drug-likeness (QED) is 0.158. The third kappa shape index (κ3) is 12.7. The van der Waals surface area contributed by atoms with Gasteiger partial charge in [0.05, 0.1) is 23.9 Å². The van der Waals surface area contributed by atoms with Gasteiger partial charge < -0.3 is 28.3 Å². The predicted molar refractivity (Wildman–Crippen MR) is 178 cm³/mol. The number of halogens is 1. The number of unbranched alkanes of at least 4 members (excludes halogenated alkanes) is 1. The number of fused-ring (bicyclic) bond motifs is 1. The fraction of sp³-hybridized carbons (Fsp3) is 0.389. The van der Waals surface area contributed by atoms with E-state index in [2.05, 4.69) is 42.6 Å². The molecule has 238 valence electrons. The maximum Gasteiger partial charge on any atom is 3.00 e. The monoisotopic (exact) mass is 689 g/mol. The zero-order valence-electron chi connectivity index (χ0n) is 28.0. The molecular weight excluding hydrogens is 642 g/mol. The fourth-order valence-corrected chi connectivity index (χ4v) is 4.18. The van der Waals surface area contributed by atoms with Gasteiger partial charge in [-0.05, 0) is 50.9 Å². The minimum atomic E-state index is -0.464. The maximum atomic E-state index is 14.4. The molecular formula is C36H47FN5O2Y. The van der Waals surface area contributed by atoms with Crippen LogP contribution in [0.3, 0.4) is 0 Å². The molecule has 0 aliphatic carbocycles. The summed E-state index contributed by atoms with van der Waals surface area (Å²) < 4.78 is 21.3. The number of imidazole rings is 1. The molecule has 0 aliphatic rings. The van der Waals surface area contributed by atoms with Crippen molar-refractivity contribution in [3.63, 3.8) is 0 Å². The smallest absolute Gasteiger partial charge is 0.476 e. The number of hydrogen-bond acceptors (Lipinski definition) is 6. The van der Waals surface area contributed by atoms with Crippen LogP contribution in [0, 0.1) is 51.8 Å². The molecule has 4 rings (SSSR count). The maximum absolute atomic E-state index is 14.4. The van der Waals surface area contributed by atoms with Crippen LogP contribution < -0.4 is 4.74 Å². The molecule has 7 nitrogen and oxygen atoms in total. The van der Waals surface area contributed by atoms with Gasteiger partial charge in [-0.2, -0.15) is 11.3 Å². The predicted octanol–water partition coefficient (Wildman–Crippen LogP) is 7.85. The molecule has 0 saturated carbocycles. The van der Waals surface area contributed by atoms with Gasteiger partial charge >= 0.3 is 32.7 Å². The molecule has 0 unspecified atom stereocenters. The summed E-state index contributed by atoms with van der Waals surface area (Å²) in [6.45, 7) is 24.1. The Morgan fingerprint density at radius 2 is 1.78 bits per heavy atom. The van der Waals surface area contributed by atoms with E-state index in [0.717, 1.165) is 54.2 Å². The first-order chi connectivity index (χ1) is 21.3. The summed E-state index contributed by atoms with van der Waals surface area (Å²) in [6, 6.07) is 10.9. The zero-order chi connectivity index (χ0) is 33.1. The van der Waals surface area contributed by atoms with Crippen LogP contribution in [-0.2, 0) is 43.9 Å². The second-order valence-corrected chi connectivity index (χ2v) is 9.65. The van der Waals surface area contributed by atoms with E-state index in [1.54, 1.807) is 31.6 Å².